The third kappa shape index (κ3) is 6.42. The van der Waals surface area contributed by atoms with E-state index in [1.807, 2.05) is 0 Å². The molecule has 9 aromatic carbocycles. The Bertz CT molecular complexity index is 2610. The van der Waals surface area contributed by atoms with Gasteiger partial charge in [-0.2, -0.15) is 0 Å². The molecule has 0 N–H and O–H groups in total. The fourth-order valence-corrected chi connectivity index (χ4v) is 7.48. The van der Waals surface area contributed by atoms with Gasteiger partial charge < -0.3 is 4.90 Å². The summed E-state index contributed by atoms with van der Waals surface area (Å²) in [6.45, 7) is 0. The summed E-state index contributed by atoms with van der Waals surface area (Å²) in [6, 6.07) is 80.8. The summed E-state index contributed by atoms with van der Waals surface area (Å²) in [4.78, 5) is 2.41. The van der Waals surface area contributed by atoms with Crippen LogP contribution in [-0.4, -0.2) is 0 Å². The Morgan fingerprint density at radius 3 is 1.13 bits per heavy atom. The summed E-state index contributed by atoms with van der Waals surface area (Å²) in [5.41, 5.74) is 15.3. The second kappa shape index (κ2) is 14.3. The molecule has 0 radical (unpaired) electrons. The van der Waals surface area contributed by atoms with E-state index in [4.69, 9.17) is 0 Å². The van der Waals surface area contributed by atoms with Crippen LogP contribution in [0.25, 0.3) is 66.4 Å². The average molecular weight is 676 g/mol. The summed E-state index contributed by atoms with van der Waals surface area (Å²) in [7, 11) is 0. The molecule has 0 atom stereocenters. The first kappa shape index (κ1) is 32.0. The van der Waals surface area contributed by atoms with Gasteiger partial charge in [0.05, 0.1) is 5.69 Å². The molecule has 0 saturated carbocycles. The van der Waals surface area contributed by atoms with Crippen molar-refractivity contribution in [2.45, 2.75) is 0 Å². The molecule has 0 fully saturated rings. The van der Waals surface area contributed by atoms with Crippen LogP contribution in [0, 0.1) is 0 Å². The first-order valence-electron chi connectivity index (χ1n) is 18.2. The zero-order valence-corrected chi connectivity index (χ0v) is 29.3. The zero-order chi connectivity index (χ0) is 35.4. The molecule has 0 aliphatic heterocycles. The molecule has 0 amide bonds. The summed E-state index contributed by atoms with van der Waals surface area (Å²) >= 11 is 0. The topological polar surface area (TPSA) is 3.24 Å². The molecule has 0 heterocycles. The van der Waals surface area contributed by atoms with Crippen molar-refractivity contribution >= 4 is 27.8 Å². The number of hydrogen-bond acceptors (Lipinski definition) is 1. The van der Waals surface area contributed by atoms with Crippen LogP contribution in [0.1, 0.15) is 0 Å². The Morgan fingerprint density at radius 1 is 0.245 bits per heavy atom. The second-order valence-corrected chi connectivity index (χ2v) is 13.3. The van der Waals surface area contributed by atoms with Crippen molar-refractivity contribution in [3.8, 4) is 55.6 Å². The van der Waals surface area contributed by atoms with Crippen molar-refractivity contribution < 1.29 is 0 Å². The molecule has 0 aromatic heterocycles. The fourth-order valence-electron chi connectivity index (χ4n) is 7.48. The maximum atomic E-state index is 2.41. The molecule has 1 heteroatoms. The van der Waals surface area contributed by atoms with E-state index < -0.39 is 0 Å². The molecular formula is C52H37N. The monoisotopic (exact) mass is 675 g/mol. The van der Waals surface area contributed by atoms with E-state index in [0.29, 0.717) is 0 Å². The van der Waals surface area contributed by atoms with Crippen molar-refractivity contribution in [1.82, 2.24) is 0 Å². The molecule has 0 aliphatic rings. The highest BCUT2D eigenvalue weighted by molar-refractivity contribution is 6.06. The summed E-state index contributed by atoms with van der Waals surface area (Å²) in [5, 5.41) is 2.50. The predicted molar refractivity (Wildman–Crippen MR) is 226 cm³/mol. The van der Waals surface area contributed by atoms with E-state index in [1.54, 1.807) is 0 Å². The molecule has 9 rings (SSSR count). The minimum absolute atomic E-state index is 1.09. The van der Waals surface area contributed by atoms with Gasteiger partial charge in [0, 0.05) is 16.9 Å². The Hall–Kier alpha value is -6.96. The first-order valence-corrected chi connectivity index (χ1v) is 18.2. The number of nitrogens with zero attached hydrogens (tertiary/aromatic N) is 1. The molecule has 0 aliphatic carbocycles. The minimum atomic E-state index is 1.09. The lowest BCUT2D eigenvalue weighted by Gasteiger charge is -2.29. The van der Waals surface area contributed by atoms with Gasteiger partial charge in [-0.25, -0.2) is 0 Å². The molecule has 0 bridgehead atoms. The van der Waals surface area contributed by atoms with Gasteiger partial charge in [0.15, 0.2) is 0 Å². The van der Waals surface area contributed by atoms with Gasteiger partial charge >= 0.3 is 0 Å². The lowest BCUT2D eigenvalue weighted by atomic mass is 9.91. The molecule has 9 aromatic rings. The standard InChI is InChI=1S/C52H37N/c1-5-15-38(16-6-1)40-27-32-46(33-28-40)53(51-37-45(39-17-7-2-8-18-39)31-36-48(51)41-19-9-3-10-20-41)47-34-29-43(30-35-47)50-26-14-24-44-23-13-25-49(52(44)50)42-21-11-4-12-22-42/h1-37H. The molecule has 0 saturated heterocycles. The lowest BCUT2D eigenvalue weighted by Crippen LogP contribution is -2.11. The van der Waals surface area contributed by atoms with E-state index >= 15 is 0 Å². The molecule has 53 heavy (non-hydrogen) atoms. The average Bonchev–Trinajstić information content (AvgIpc) is 3.25. The highest BCUT2D eigenvalue weighted by Crippen LogP contribution is 2.44. The van der Waals surface area contributed by atoms with Gasteiger partial charge in [-0.3, -0.25) is 0 Å². The van der Waals surface area contributed by atoms with Gasteiger partial charge in [0.25, 0.3) is 0 Å². The van der Waals surface area contributed by atoms with Gasteiger partial charge in [-0.05, 0) is 91.2 Å². The Morgan fingerprint density at radius 2 is 0.623 bits per heavy atom. The number of hydrogen-bond donors (Lipinski definition) is 0. The maximum absolute atomic E-state index is 2.41. The molecule has 0 spiro atoms. The largest absolute Gasteiger partial charge is 0.310 e. The Balaban J connectivity index is 1.22. The zero-order valence-electron chi connectivity index (χ0n) is 29.3. The third-order valence-electron chi connectivity index (χ3n) is 10.1. The van der Waals surface area contributed by atoms with Crippen molar-refractivity contribution in [2.75, 3.05) is 4.90 Å². The van der Waals surface area contributed by atoms with Crippen LogP contribution in [0.2, 0.25) is 0 Å². The van der Waals surface area contributed by atoms with E-state index in [-0.39, 0.29) is 0 Å². The van der Waals surface area contributed by atoms with Crippen molar-refractivity contribution in [1.29, 1.82) is 0 Å². The van der Waals surface area contributed by atoms with Crippen LogP contribution < -0.4 is 4.90 Å². The van der Waals surface area contributed by atoms with E-state index in [1.165, 1.54) is 66.4 Å². The highest BCUT2D eigenvalue weighted by atomic mass is 15.1. The highest BCUT2D eigenvalue weighted by Gasteiger charge is 2.19. The van der Waals surface area contributed by atoms with Crippen molar-refractivity contribution in [2.24, 2.45) is 0 Å². The predicted octanol–water partition coefficient (Wildman–Crippen LogP) is 14.6. The van der Waals surface area contributed by atoms with Crippen LogP contribution in [0.3, 0.4) is 0 Å². The normalized spacial score (nSPS) is 11.0. The molecule has 0 unspecified atom stereocenters. The number of fused-ring (bicyclic) bond motifs is 1. The van der Waals surface area contributed by atoms with Gasteiger partial charge in [-0.1, -0.05) is 194 Å². The minimum Gasteiger partial charge on any atom is -0.310 e. The van der Waals surface area contributed by atoms with Crippen LogP contribution in [0.15, 0.2) is 224 Å². The van der Waals surface area contributed by atoms with Gasteiger partial charge in [0.1, 0.15) is 0 Å². The Kier molecular flexibility index (Phi) is 8.66. The summed E-state index contributed by atoms with van der Waals surface area (Å²) in [5.74, 6) is 0. The van der Waals surface area contributed by atoms with E-state index in [2.05, 4.69) is 229 Å². The quantitative estimate of drug-likeness (QED) is 0.155. The Labute approximate surface area is 311 Å². The second-order valence-electron chi connectivity index (χ2n) is 13.3. The van der Waals surface area contributed by atoms with Crippen molar-refractivity contribution in [3.05, 3.63) is 224 Å². The summed E-state index contributed by atoms with van der Waals surface area (Å²) in [6.07, 6.45) is 0. The number of benzene rings is 9. The van der Waals surface area contributed by atoms with Crippen LogP contribution >= 0.6 is 0 Å². The first-order chi connectivity index (χ1) is 26.3. The van der Waals surface area contributed by atoms with Gasteiger partial charge in [0.2, 0.25) is 0 Å². The molecule has 250 valence electrons. The maximum Gasteiger partial charge on any atom is 0.0546 e. The van der Waals surface area contributed by atoms with Crippen LogP contribution in [0.4, 0.5) is 17.1 Å². The van der Waals surface area contributed by atoms with Crippen LogP contribution in [-0.2, 0) is 0 Å². The molecular weight excluding hydrogens is 639 g/mol. The lowest BCUT2D eigenvalue weighted by molar-refractivity contribution is 1.28. The molecule has 1 nitrogen and oxygen atoms in total. The number of rotatable bonds is 8. The van der Waals surface area contributed by atoms with E-state index in [9.17, 15) is 0 Å². The SMILES string of the molecule is c1ccc(-c2ccc(N(c3ccc(-c4cccc5cccc(-c6ccccc6)c45)cc3)c3cc(-c4ccccc4)ccc3-c3ccccc3)cc2)cc1. The fraction of sp³-hybridized carbons (Fsp3) is 0. The van der Waals surface area contributed by atoms with Crippen LogP contribution in [0.5, 0.6) is 0 Å². The summed E-state index contributed by atoms with van der Waals surface area (Å²) < 4.78 is 0. The third-order valence-corrected chi connectivity index (χ3v) is 10.1. The van der Waals surface area contributed by atoms with Crippen molar-refractivity contribution in [3.63, 3.8) is 0 Å². The number of anilines is 3. The van der Waals surface area contributed by atoms with Gasteiger partial charge in [-0.15, -0.1) is 0 Å². The van der Waals surface area contributed by atoms with E-state index in [0.717, 1.165) is 17.1 Å². The smallest absolute Gasteiger partial charge is 0.0546 e.